The monoisotopic (exact) mass is 280 g/mol. The maximum absolute atomic E-state index is 12.2. The molecule has 0 N–H and O–H groups in total. The zero-order valence-electron chi connectivity index (χ0n) is 13.5. The number of hydrogen-bond donors (Lipinski definition) is 0. The van der Waals surface area contributed by atoms with Crippen LogP contribution in [0.4, 0.5) is 0 Å². The van der Waals surface area contributed by atoms with Gasteiger partial charge in [0.1, 0.15) is 11.6 Å². The van der Waals surface area contributed by atoms with E-state index >= 15 is 0 Å². The van der Waals surface area contributed by atoms with Gasteiger partial charge in [-0.1, -0.05) is 0 Å². The molecule has 114 valence electrons. The van der Waals surface area contributed by atoms with Crippen LogP contribution < -0.4 is 0 Å². The lowest BCUT2D eigenvalue weighted by Crippen LogP contribution is -2.41. The second-order valence-corrected chi connectivity index (χ2v) is 7.33. The van der Waals surface area contributed by atoms with Gasteiger partial charge in [-0.3, -0.25) is 9.69 Å². The number of likely N-dealkylation sites (tertiary alicyclic amines) is 1. The van der Waals surface area contributed by atoms with Gasteiger partial charge in [0.2, 0.25) is 0 Å². The van der Waals surface area contributed by atoms with E-state index in [2.05, 4.69) is 11.0 Å². The normalized spacial score (nSPS) is 20.7. The zero-order valence-corrected chi connectivity index (χ0v) is 13.5. The number of nitrogens with zero attached hydrogens (tertiary/aromatic N) is 2. The Hall–Kier alpha value is -1.08. The van der Waals surface area contributed by atoms with Crippen molar-refractivity contribution in [2.75, 3.05) is 13.1 Å². The fourth-order valence-electron chi connectivity index (χ4n) is 2.51. The summed E-state index contributed by atoms with van der Waals surface area (Å²) < 4.78 is 5.49. The van der Waals surface area contributed by atoms with Crippen molar-refractivity contribution in [1.29, 1.82) is 5.26 Å². The summed E-state index contributed by atoms with van der Waals surface area (Å²) in [6, 6.07) is 2.22. The lowest BCUT2D eigenvalue weighted by molar-refractivity contribution is -0.160. The molecule has 0 aliphatic carbocycles. The Morgan fingerprint density at radius 3 is 2.55 bits per heavy atom. The second-order valence-electron chi connectivity index (χ2n) is 7.33. The van der Waals surface area contributed by atoms with Gasteiger partial charge >= 0.3 is 5.97 Å². The third-order valence-corrected chi connectivity index (χ3v) is 3.59. The third kappa shape index (κ3) is 5.50. The standard InChI is InChI=1S/C16H28N2O2/c1-15(2,3)20-14(19)13-8-6-10-18(13)11-7-9-16(4,5)12-17/h13H,6-11H2,1-5H3/t13-/m1/s1. The number of ether oxygens (including phenoxy) is 1. The molecule has 0 amide bonds. The quantitative estimate of drug-likeness (QED) is 0.726. The van der Waals surface area contributed by atoms with Gasteiger partial charge in [0.05, 0.1) is 11.5 Å². The maximum Gasteiger partial charge on any atom is 0.323 e. The van der Waals surface area contributed by atoms with Crippen LogP contribution in [0.25, 0.3) is 0 Å². The van der Waals surface area contributed by atoms with Crippen molar-refractivity contribution in [3.05, 3.63) is 0 Å². The summed E-state index contributed by atoms with van der Waals surface area (Å²) in [7, 11) is 0. The predicted molar refractivity (Wildman–Crippen MR) is 79.1 cm³/mol. The van der Waals surface area contributed by atoms with Crippen LogP contribution in [0.5, 0.6) is 0 Å². The zero-order chi connectivity index (χ0) is 15.4. The largest absolute Gasteiger partial charge is 0.459 e. The first-order valence-corrected chi connectivity index (χ1v) is 7.53. The summed E-state index contributed by atoms with van der Waals surface area (Å²) in [6.07, 6.45) is 3.74. The Labute approximate surface area is 123 Å². The van der Waals surface area contributed by atoms with E-state index < -0.39 is 5.60 Å². The van der Waals surface area contributed by atoms with Gasteiger partial charge in [-0.15, -0.1) is 0 Å². The van der Waals surface area contributed by atoms with Gasteiger partial charge in [0, 0.05) is 0 Å². The third-order valence-electron chi connectivity index (χ3n) is 3.59. The fourth-order valence-corrected chi connectivity index (χ4v) is 2.51. The molecule has 20 heavy (non-hydrogen) atoms. The SMILES string of the molecule is CC(C)(C#N)CCCN1CCC[C@@H]1C(=O)OC(C)(C)C. The first-order chi connectivity index (χ1) is 9.14. The summed E-state index contributed by atoms with van der Waals surface area (Å²) >= 11 is 0. The maximum atomic E-state index is 12.2. The van der Waals surface area contributed by atoms with Gasteiger partial charge in [-0.05, 0) is 73.4 Å². The number of nitriles is 1. The lowest BCUT2D eigenvalue weighted by Gasteiger charge is -2.27. The number of hydrogen-bond acceptors (Lipinski definition) is 4. The molecule has 1 rings (SSSR count). The molecular weight excluding hydrogens is 252 g/mol. The average Bonchev–Trinajstić information content (AvgIpc) is 2.75. The van der Waals surface area contributed by atoms with Crippen molar-refractivity contribution in [3.63, 3.8) is 0 Å². The van der Waals surface area contributed by atoms with E-state index in [1.165, 1.54) is 0 Å². The van der Waals surface area contributed by atoms with Crippen LogP contribution in [0, 0.1) is 16.7 Å². The highest BCUT2D eigenvalue weighted by molar-refractivity contribution is 5.76. The second kappa shape index (κ2) is 6.58. The van der Waals surface area contributed by atoms with Crippen LogP contribution >= 0.6 is 0 Å². The minimum Gasteiger partial charge on any atom is -0.459 e. The first kappa shape index (κ1) is 17.0. The molecule has 0 spiro atoms. The Morgan fingerprint density at radius 1 is 1.35 bits per heavy atom. The highest BCUT2D eigenvalue weighted by Gasteiger charge is 2.33. The molecule has 0 bridgehead atoms. The molecule has 0 aromatic heterocycles. The summed E-state index contributed by atoms with van der Waals surface area (Å²) in [4.78, 5) is 14.4. The van der Waals surface area contributed by atoms with Crippen molar-refractivity contribution < 1.29 is 9.53 Å². The summed E-state index contributed by atoms with van der Waals surface area (Å²) in [6.45, 7) is 11.5. The van der Waals surface area contributed by atoms with Gasteiger partial charge < -0.3 is 4.74 Å². The minimum atomic E-state index is -0.422. The molecule has 4 nitrogen and oxygen atoms in total. The van der Waals surface area contributed by atoms with Crippen LogP contribution in [0.15, 0.2) is 0 Å². The molecule has 0 radical (unpaired) electrons. The smallest absolute Gasteiger partial charge is 0.323 e. The van der Waals surface area contributed by atoms with E-state index in [-0.39, 0.29) is 17.4 Å². The molecule has 1 saturated heterocycles. The molecule has 0 aromatic carbocycles. The number of carbonyl (C=O) groups is 1. The van der Waals surface area contributed by atoms with Crippen molar-refractivity contribution in [2.45, 2.75) is 71.9 Å². The van der Waals surface area contributed by atoms with Crippen LogP contribution in [0.2, 0.25) is 0 Å². The molecule has 1 atom stereocenters. The molecule has 1 heterocycles. The van der Waals surface area contributed by atoms with Crippen molar-refractivity contribution in [3.8, 4) is 6.07 Å². The van der Waals surface area contributed by atoms with Crippen LogP contribution in [-0.4, -0.2) is 35.6 Å². The highest BCUT2D eigenvalue weighted by atomic mass is 16.6. The molecular formula is C16H28N2O2. The van der Waals surface area contributed by atoms with Crippen LogP contribution in [0.1, 0.15) is 60.3 Å². The first-order valence-electron chi connectivity index (χ1n) is 7.53. The fraction of sp³-hybridized carbons (Fsp3) is 0.875. The lowest BCUT2D eigenvalue weighted by atomic mass is 9.90. The summed E-state index contributed by atoms with van der Waals surface area (Å²) in [5.41, 5.74) is -0.699. The molecule has 0 aromatic rings. The Bertz CT molecular complexity index is 377. The van der Waals surface area contributed by atoms with Crippen molar-refractivity contribution >= 4 is 5.97 Å². The molecule has 1 fully saturated rings. The minimum absolute atomic E-state index is 0.0978. The predicted octanol–water partition coefficient (Wildman–Crippen LogP) is 3.12. The van der Waals surface area contributed by atoms with Crippen molar-refractivity contribution in [2.24, 2.45) is 5.41 Å². The molecule has 0 unspecified atom stereocenters. The topological polar surface area (TPSA) is 53.3 Å². The number of esters is 1. The van der Waals surface area contributed by atoms with E-state index in [0.717, 1.165) is 38.8 Å². The number of rotatable bonds is 5. The van der Waals surface area contributed by atoms with Crippen LogP contribution in [0.3, 0.4) is 0 Å². The summed E-state index contributed by atoms with van der Waals surface area (Å²) in [5.74, 6) is -0.102. The van der Waals surface area contributed by atoms with Gasteiger partial charge in [-0.2, -0.15) is 5.26 Å². The van der Waals surface area contributed by atoms with E-state index in [4.69, 9.17) is 10.00 Å². The van der Waals surface area contributed by atoms with Gasteiger partial charge in [0.15, 0.2) is 0 Å². The summed E-state index contributed by atoms with van der Waals surface area (Å²) in [5, 5.41) is 9.02. The van der Waals surface area contributed by atoms with Crippen molar-refractivity contribution in [1.82, 2.24) is 4.90 Å². The van der Waals surface area contributed by atoms with Crippen LogP contribution in [-0.2, 0) is 9.53 Å². The average molecular weight is 280 g/mol. The van der Waals surface area contributed by atoms with E-state index in [9.17, 15) is 4.79 Å². The highest BCUT2D eigenvalue weighted by Crippen LogP contribution is 2.24. The Morgan fingerprint density at radius 2 is 2.00 bits per heavy atom. The van der Waals surface area contributed by atoms with Gasteiger partial charge in [0.25, 0.3) is 0 Å². The Balaban J connectivity index is 2.46. The molecule has 0 saturated carbocycles. The van der Waals surface area contributed by atoms with Gasteiger partial charge in [-0.25, -0.2) is 0 Å². The molecule has 1 aliphatic rings. The molecule has 1 aliphatic heterocycles. The van der Waals surface area contributed by atoms with E-state index in [0.29, 0.717) is 0 Å². The van der Waals surface area contributed by atoms with E-state index in [1.54, 1.807) is 0 Å². The van der Waals surface area contributed by atoms with E-state index in [1.807, 2.05) is 34.6 Å². The molecule has 4 heteroatoms. The number of carbonyl (C=O) groups excluding carboxylic acids is 1. The Kier molecular flexibility index (Phi) is 5.59.